The molecule has 0 spiro atoms. The van der Waals surface area contributed by atoms with Crippen molar-refractivity contribution in [1.82, 2.24) is 9.78 Å². The number of hydrogen-bond donors (Lipinski definition) is 1. The number of fused-ring (bicyclic) bond motifs is 1. The highest BCUT2D eigenvalue weighted by molar-refractivity contribution is 5.74. The molecule has 0 amide bonds. The first-order valence-corrected chi connectivity index (χ1v) is 8.78. The largest absolute Gasteiger partial charge is 0.493 e. The van der Waals surface area contributed by atoms with Crippen LogP contribution in [0.4, 0.5) is 5.82 Å². The predicted molar refractivity (Wildman–Crippen MR) is 104 cm³/mol. The van der Waals surface area contributed by atoms with E-state index in [1.807, 2.05) is 22.9 Å². The van der Waals surface area contributed by atoms with Crippen molar-refractivity contribution in [3.05, 3.63) is 53.1 Å². The first kappa shape index (κ1) is 16.5. The molecular formula is C21H23N3O2. The molecule has 0 bridgehead atoms. The van der Waals surface area contributed by atoms with Gasteiger partial charge in [-0.2, -0.15) is 5.10 Å². The van der Waals surface area contributed by atoms with Crippen molar-refractivity contribution in [2.45, 2.75) is 20.3 Å². The highest BCUT2D eigenvalue weighted by Gasteiger charge is 2.24. The Morgan fingerprint density at radius 3 is 2.50 bits per heavy atom. The maximum Gasteiger partial charge on any atom is 0.161 e. The summed E-state index contributed by atoms with van der Waals surface area (Å²) in [4.78, 5) is 0. The maximum absolute atomic E-state index is 5.46. The van der Waals surface area contributed by atoms with Crippen LogP contribution in [0, 0.1) is 13.8 Å². The minimum Gasteiger partial charge on any atom is -0.493 e. The Morgan fingerprint density at radius 2 is 1.77 bits per heavy atom. The smallest absolute Gasteiger partial charge is 0.161 e. The van der Waals surface area contributed by atoms with Gasteiger partial charge in [-0.05, 0) is 61.7 Å². The Balaban J connectivity index is 1.85. The lowest BCUT2D eigenvalue weighted by atomic mass is 10.1. The van der Waals surface area contributed by atoms with Gasteiger partial charge in [-0.1, -0.05) is 6.07 Å². The van der Waals surface area contributed by atoms with Crippen LogP contribution in [0.5, 0.6) is 11.5 Å². The van der Waals surface area contributed by atoms with E-state index in [-0.39, 0.29) is 0 Å². The summed E-state index contributed by atoms with van der Waals surface area (Å²) < 4.78 is 12.8. The number of nitrogens with one attached hydrogen (secondary N) is 1. The SMILES string of the molecule is COc1ccc(-c2nn(-c3ccc(C)c(C)c3)c3c2CCN3)cc1OC. The zero-order valence-electron chi connectivity index (χ0n) is 15.6. The van der Waals surface area contributed by atoms with Gasteiger partial charge in [0.05, 0.1) is 25.6 Å². The minimum atomic E-state index is 0.713. The van der Waals surface area contributed by atoms with Crippen LogP contribution in [-0.2, 0) is 6.42 Å². The molecule has 1 aliphatic heterocycles. The Bertz CT molecular complexity index is 976. The van der Waals surface area contributed by atoms with E-state index in [1.165, 1.54) is 16.7 Å². The predicted octanol–water partition coefficient (Wildman–Crippen LogP) is 4.14. The van der Waals surface area contributed by atoms with E-state index in [9.17, 15) is 0 Å². The molecular weight excluding hydrogens is 326 g/mol. The van der Waals surface area contributed by atoms with E-state index < -0.39 is 0 Å². The summed E-state index contributed by atoms with van der Waals surface area (Å²) in [7, 11) is 3.30. The van der Waals surface area contributed by atoms with Crippen molar-refractivity contribution in [3.8, 4) is 28.4 Å². The van der Waals surface area contributed by atoms with Gasteiger partial charge in [-0.15, -0.1) is 0 Å². The number of rotatable bonds is 4. The first-order valence-electron chi connectivity index (χ1n) is 8.78. The zero-order valence-corrected chi connectivity index (χ0v) is 15.6. The summed E-state index contributed by atoms with van der Waals surface area (Å²) >= 11 is 0. The third kappa shape index (κ3) is 2.60. The molecule has 0 saturated carbocycles. The average molecular weight is 349 g/mol. The van der Waals surface area contributed by atoms with Gasteiger partial charge in [0, 0.05) is 17.7 Å². The van der Waals surface area contributed by atoms with E-state index >= 15 is 0 Å². The Morgan fingerprint density at radius 1 is 0.962 bits per heavy atom. The second-order valence-electron chi connectivity index (χ2n) is 6.60. The highest BCUT2D eigenvalue weighted by atomic mass is 16.5. The number of aromatic nitrogens is 2. The van der Waals surface area contributed by atoms with Crippen LogP contribution in [-0.4, -0.2) is 30.5 Å². The van der Waals surface area contributed by atoms with E-state index in [2.05, 4.69) is 37.4 Å². The topological polar surface area (TPSA) is 48.3 Å². The zero-order chi connectivity index (χ0) is 18.3. The number of benzene rings is 2. The van der Waals surface area contributed by atoms with Crippen molar-refractivity contribution >= 4 is 5.82 Å². The Kier molecular flexibility index (Phi) is 4.07. The second kappa shape index (κ2) is 6.41. The molecule has 0 fully saturated rings. The van der Waals surface area contributed by atoms with Crippen LogP contribution in [0.25, 0.3) is 16.9 Å². The average Bonchev–Trinajstić information content (AvgIpc) is 3.26. The maximum atomic E-state index is 5.46. The molecule has 1 aliphatic rings. The number of methoxy groups -OCH3 is 2. The summed E-state index contributed by atoms with van der Waals surface area (Å²) in [6.45, 7) is 5.18. The van der Waals surface area contributed by atoms with Gasteiger partial charge in [0.2, 0.25) is 0 Å². The van der Waals surface area contributed by atoms with E-state index in [0.29, 0.717) is 5.75 Å². The Labute approximate surface area is 153 Å². The third-order valence-corrected chi connectivity index (χ3v) is 5.04. The molecule has 2 heterocycles. The number of aryl methyl sites for hydroxylation is 2. The lowest BCUT2D eigenvalue weighted by molar-refractivity contribution is 0.355. The minimum absolute atomic E-state index is 0.713. The summed E-state index contributed by atoms with van der Waals surface area (Å²) in [6, 6.07) is 12.4. The lowest BCUT2D eigenvalue weighted by Crippen LogP contribution is -2.04. The molecule has 0 atom stereocenters. The van der Waals surface area contributed by atoms with E-state index in [4.69, 9.17) is 14.6 Å². The fourth-order valence-electron chi connectivity index (χ4n) is 3.43. The molecule has 0 unspecified atom stereocenters. The highest BCUT2D eigenvalue weighted by Crippen LogP contribution is 2.38. The standard InChI is InChI=1S/C21H23N3O2/c1-13-5-7-16(11-14(13)2)24-21-17(9-10-22-21)20(23-24)15-6-8-18(25-3)19(12-15)26-4/h5-8,11-12,22H,9-10H2,1-4H3. The van der Waals surface area contributed by atoms with E-state index in [0.717, 1.165) is 41.5 Å². The van der Waals surface area contributed by atoms with Crippen LogP contribution >= 0.6 is 0 Å². The van der Waals surface area contributed by atoms with Gasteiger partial charge >= 0.3 is 0 Å². The van der Waals surface area contributed by atoms with Gasteiger partial charge in [0.25, 0.3) is 0 Å². The van der Waals surface area contributed by atoms with Crippen LogP contribution in [0.1, 0.15) is 16.7 Å². The molecule has 5 heteroatoms. The van der Waals surface area contributed by atoms with Crippen molar-refractivity contribution in [1.29, 1.82) is 0 Å². The quantitative estimate of drug-likeness (QED) is 0.769. The van der Waals surface area contributed by atoms with Gasteiger partial charge in [-0.3, -0.25) is 0 Å². The van der Waals surface area contributed by atoms with Gasteiger partial charge in [-0.25, -0.2) is 4.68 Å². The normalized spacial score (nSPS) is 12.6. The monoisotopic (exact) mass is 349 g/mol. The van der Waals surface area contributed by atoms with E-state index in [1.54, 1.807) is 14.2 Å². The molecule has 3 aromatic rings. The van der Waals surface area contributed by atoms with Crippen LogP contribution in [0.15, 0.2) is 36.4 Å². The van der Waals surface area contributed by atoms with Gasteiger partial charge in [0.15, 0.2) is 11.5 Å². The summed E-state index contributed by atoms with van der Waals surface area (Å²) in [6.07, 6.45) is 0.962. The lowest BCUT2D eigenvalue weighted by Gasteiger charge is -2.10. The number of nitrogens with zero attached hydrogens (tertiary/aromatic N) is 2. The molecule has 1 aromatic heterocycles. The fourth-order valence-corrected chi connectivity index (χ4v) is 3.43. The van der Waals surface area contributed by atoms with Crippen LogP contribution < -0.4 is 14.8 Å². The molecule has 26 heavy (non-hydrogen) atoms. The van der Waals surface area contributed by atoms with Crippen molar-refractivity contribution in [2.75, 3.05) is 26.1 Å². The molecule has 5 nitrogen and oxygen atoms in total. The molecule has 4 rings (SSSR count). The fraction of sp³-hybridized carbons (Fsp3) is 0.286. The number of anilines is 1. The number of ether oxygens (including phenoxy) is 2. The van der Waals surface area contributed by atoms with Gasteiger partial charge in [0.1, 0.15) is 5.82 Å². The summed E-state index contributed by atoms with van der Waals surface area (Å²) in [5.74, 6) is 2.52. The summed E-state index contributed by atoms with van der Waals surface area (Å²) in [5.41, 5.74) is 6.89. The van der Waals surface area contributed by atoms with Crippen molar-refractivity contribution < 1.29 is 9.47 Å². The molecule has 2 aromatic carbocycles. The third-order valence-electron chi connectivity index (χ3n) is 5.04. The van der Waals surface area contributed by atoms with Crippen LogP contribution in [0.2, 0.25) is 0 Å². The first-order chi connectivity index (χ1) is 12.6. The van der Waals surface area contributed by atoms with Gasteiger partial charge < -0.3 is 14.8 Å². The molecule has 134 valence electrons. The Hall–Kier alpha value is -2.95. The second-order valence-corrected chi connectivity index (χ2v) is 6.60. The van der Waals surface area contributed by atoms with Crippen molar-refractivity contribution in [3.63, 3.8) is 0 Å². The summed E-state index contributed by atoms with van der Waals surface area (Å²) in [5, 5.41) is 8.42. The van der Waals surface area contributed by atoms with Crippen molar-refractivity contribution in [2.24, 2.45) is 0 Å². The molecule has 0 saturated heterocycles. The number of hydrogen-bond acceptors (Lipinski definition) is 4. The van der Waals surface area contributed by atoms with Crippen LogP contribution in [0.3, 0.4) is 0 Å². The molecule has 0 radical (unpaired) electrons. The molecule has 1 N–H and O–H groups in total. The molecule has 0 aliphatic carbocycles.